The molecule has 1 heterocycles. The maximum atomic E-state index is 12.4. The smallest absolute Gasteiger partial charge is 0.251 e. The Balaban J connectivity index is 2.21. The first-order valence-electron chi connectivity index (χ1n) is 6.10. The minimum absolute atomic E-state index is 0.147. The molecule has 1 N–H and O–H groups in total. The Labute approximate surface area is 135 Å². The molecule has 0 bridgehead atoms. The highest BCUT2D eigenvalue weighted by Crippen LogP contribution is 2.27. The van der Waals surface area contributed by atoms with E-state index in [9.17, 15) is 9.59 Å². The average molecular weight is 343 g/mol. The van der Waals surface area contributed by atoms with Gasteiger partial charge in [0.2, 0.25) is 0 Å². The lowest BCUT2D eigenvalue weighted by molar-refractivity contribution is 0.0994. The number of carbonyl (C=O) groups is 1. The van der Waals surface area contributed by atoms with Crippen LogP contribution in [0.1, 0.15) is 23.0 Å². The van der Waals surface area contributed by atoms with Crippen LogP contribution in [0.4, 0.5) is 0 Å². The number of nitrogens with zero attached hydrogens (tertiary/aromatic N) is 1. The minimum Gasteiger partial charge on any atom is -0.301 e. The molecule has 0 radical (unpaired) electrons. The fraction of sp³-hybridized carbons (Fsp3) is 0.214. The maximum Gasteiger partial charge on any atom is 0.251 e. The summed E-state index contributed by atoms with van der Waals surface area (Å²) in [6.45, 7) is 3.46. The summed E-state index contributed by atoms with van der Waals surface area (Å²) in [5, 5.41) is 0.756. The summed E-state index contributed by atoms with van der Waals surface area (Å²) >= 11 is 13.0. The van der Waals surface area contributed by atoms with Crippen LogP contribution < -0.4 is 5.56 Å². The van der Waals surface area contributed by atoms with Gasteiger partial charge in [0.15, 0.2) is 10.9 Å². The van der Waals surface area contributed by atoms with Crippen molar-refractivity contribution in [2.75, 3.05) is 0 Å². The van der Waals surface area contributed by atoms with Crippen molar-refractivity contribution in [1.29, 1.82) is 0 Å². The number of hydrogen-bond acceptors (Lipinski definition) is 4. The van der Waals surface area contributed by atoms with Gasteiger partial charge >= 0.3 is 0 Å². The Morgan fingerprint density at radius 2 is 2.05 bits per heavy atom. The summed E-state index contributed by atoms with van der Waals surface area (Å²) < 4.78 is 0. The molecule has 0 saturated carbocycles. The summed E-state index contributed by atoms with van der Waals surface area (Å²) in [6.07, 6.45) is 0. The molecular weight excluding hydrogens is 331 g/mol. The molecule has 4 nitrogen and oxygen atoms in total. The predicted molar refractivity (Wildman–Crippen MR) is 85.7 cm³/mol. The number of thioether (sulfide) groups is 1. The van der Waals surface area contributed by atoms with Crippen molar-refractivity contribution in [3.63, 3.8) is 0 Å². The largest absolute Gasteiger partial charge is 0.301 e. The number of aryl methyl sites for hydroxylation is 1. The molecule has 7 heteroatoms. The molecular formula is C14H12Cl2N2O2S. The molecule has 0 aliphatic rings. The van der Waals surface area contributed by atoms with Crippen LogP contribution in [0.3, 0.4) is 0 Å². The van der Waals surface area contributed by atoms with E-state index in [1.807, 2.05) is 0 Å². The Hall–Kier alpha value is -1.30. The second kappa shape index (κ2) is 6.64. The molecule has 1 atom stereocenters. The van der Waals surface area contributed by atoms with Crippen LogP contribution in [0.25, 0.3) is 0 Å². The molecule has 0 fully saturated rings. The van der Waals surface area contributed by atoms with Gasteiger partial charge in [-0.25, -0.2) is 4.98 Å². The summed E-state index contributed by atoms with van der Waals surface area (Å²) in [7, 11) is 0. The van der Waals surface area contributed by atoms with E-state index in [-0.39, 0.29) is 11.3 Å². The number of hydrogen-bond donors (Lipinski definition) is 1. The lowest BCUT2D eigenvalue weighted by Gasteiger charge is -2.11. The van der Waals surface area contributed by atoms with Crippen LogP contribution in [0, 0.1) is 6.92 Å². The lowest BCUT2D eigenvalue weighted by atomic mass is 10.1. The van der Waals surface area contributed by atoms with Crippen LogP contribution in [0.5, 0.6) is 0 Å². The molecule has 1 aromatic carbocycles. The molecule has 0 saturated heterocycles. The van der Waals surface area contributed by atoms with E-state index < -0.39 is 5.25 Å². The van der Waals surface area contributed by atoms with Crippen LogP contribution in [-0.2, 0) is 0 Å². The van der Waals surface area contributed by atoms with E-state index in [1.165, 1.54) is 23.9 Å². The number of nitrogens with one attached hydrogen (secondary N) is 1. The normalized spacial score (nSPS) is 12.2. The van der Waals surface area contributed by atoms with Crippen LogP contribution >= 0.6 is 35.0 Å². The van der Waals surface area contributed by atoms with Crippen molar-refractivity contribution in [3.8, 4) is 0 Å². The molecule has 1 unspecified atom stereocenters. The number of benzene rings is 1. The molecule has 0 aliphatic heterocycles. The van der Waals surface area contributed by atoms with Gasteiger partial charge in [0.05, 0.1) is 10.3 Å². The zero-order valence-corrected chi connectivity index (χ0v) is 13.6. The number of halogens is 2. The number of aromatic amines is 1. The van der Waals surface area contributed by atoms with Gasteiger partial charge in [-0.1, -0.05) is 35.0 Å². The van der Waals surface area contributed by atoms with Crippen molar-refractivity contribution in [1.82, 2.24) is 9.97 Å². The average Bonchev–Trinajstić information content (AvgIpc) is 2.36. The summed E-state index contributed by atoms with van der Waals surface area (Å²) in [6, 6.07) is 6.13. The van der Waals surface area contributed by atoms with Crippen molar-refractivity contribution >= 4 is 40.7 Å². The summed E-state index contributed by atoms with van der Waals surface area (Å²) in [5.41, 5.74) is 0.760. The third-order valence-corrected chi connectivity index (χ3v) is 4.23. The van der Waals surface area contributed by atoms with Crippen molar-refractivity contribution in [3.05, 3.63) is 55.9 Å². The maximum absolute atomic E-state index is 12.4. The summed E-state index contributed by atoms with van der Waals surface area (Å²) in [5.74, 6) is -0.147. The molecule has 0 aliphatic carbocycles. The Bertz CT molecular complexity index is 746. The Kier molecular flexibility index (Phi) is 5.08. The fourth-order valence-corrected chi connectivity index (χ4v) is 3.16. The van der Waals surface area contributed by atoms with Gasteiger partial charge in [0.1, 0.15) is 0 Å². The van der Waals surface area contributed by atoms with E-state index in [0.717, 1.165) is 0 Å². The highest BCUT2D eigenvalue weighted by molar-refractivity contribution is 8.00. The van der Waals surface area contributed by atoms with Gasteiger partial charge < -0.3 is 4.98 Å². The van der Waals surface area contributed by atoms with Gasteiger partial charge in [0, 0.05) is 22.3 Å². The second-order valence-corrected chi connectivity index (χ2v) is 6.61. The lowest BCUT2D eigenvalue weighted by Crippen LogP contribution is -2.16. The fourth-order valence-electron chi connectivity index (χ4n) is 1.74. The van der Waals surface area contributed by atoms with E-state index >= 15 is 0 Å². The predicted octanol–water partition coefficient (Wildman–Crippen LogP) is 3.75. The molecule has 2 aromatic rings. The van der Waals surface area contributed by atoms with Crippen LogP contribution in [0.15, 0.2) is 34.2 Å². The third kappa shape index (κ3) is 4.09. The molecule has 2 rings (SSSR count). The quantitative estimate of drug-likeness (QED) is 0.522. The number of ketones is 1. The number of Topliss-reactive ketones (excluding diaryl/α,β-unsaturated/α-hetero) is 1. The number of H-pyrrole nitrogens is 1. The summed E-state index contributed by atoms with van der Waals surface area (Å²) in [4.78, 5) is 30.6. The van der Waals surface area contributed by atoms with Crippen molar-refractivity contribution < 1.29 is 4.79 Å². The highest BCUT2D eigenvalue weighted by Gasteiger charge is 2.20. The standard InChI is InChI=1S/C14H12Cl2N2O2S/c1-7-5-12(19)18-14(17-7)21-8(2)13(20)10-4-3-9(15)6-11(10)16/h3-6,8H,1-2H3,(H,17,18,19). The molecule has 21 heavy (non-hydrogen) atoms. The first-order chi connectivity index (χ1) is 9.86. The third-order valence-electron chi connectivity index (χ3n) is 2.70. The minimum atomic E-state index is -0.436. The Morgan fingerprint density at radius 3 is 2.67 bits per heavy atom. The van der Waals surface area contributed by atoms with Gasteiger partial charge in [-0.15, -0.1) is 0 Å². The Morgan fingerprint density at radius 1 is 1.33 bits per heavy atom. The van der Waals surface area contributed by atoms with Gasteiger partial charge in [-0.2, -0.15) is 0 Å². The van der Waals surface area contributed by atoms with Gasteiger partial charge in [-0.3, -0.25) is 9.59 Å². The second-order valence-electron chi connectivity index (χ2n) is 4.44. The SMILES string of the molecule is Cc1cc(=O)[nH]c(SC(C)C(=O)c2ccc(Cl)cc2Cl)n1. The molecule has 0 amide bonds. The van der Waals surface area contributed by atoms with E-state index in [2.05, 4.69) is 9.97 Å². The van der Waals surface area contributed by atoms with E-state index in [1.54, 1.807) is 26.0 Å². The van der Waals surface area contributed by atoms with Crippen LogP contribution in [0.2, 0.25) is 10.0 Å². The van der Waals surface area contributed by atoms with Gasteiger partial charge in [-0.05, 0) is 32.0 Å². The van der Waals surface area contributed by atoms with E-state index in [4.69, 9.17) is 23.2 Å². The zero-order valence-electron chi connectivity index (χ0n) is 11.3. The topological polar surface area (TPSA) is 62.8 Å². The number of rotatable bonds is 4. The monoisotopic (exact) mass is 342 g/mol. The molecule has 1 aromatic heterocycles. The van der Waals surface area contributed by atoms with Gasteiger partial charge in [0.25, 0.3) is 5.56 Å². The molecule has 110 valence electrons. The van der Waals surface area contributed by atoms with Crippen molar-refractivity contribution in [2.24, 2.45) is 0 Å². The number of aromatic nitrogens is 2. The van der Waals surface area contributed by atoms with E-state index in [0.29, 0.717) is 26.5 Å². The molecule has 0 spiro atoms. The van der Waals surface area contributed by atoms with Crippen molar-refractivity contribution in [2.45, 2.75) is 24.3 Å². The first kappa shape index (κ1) is 16.1. The van der Waals surface area contributed by atoms with Crippen LogP contribution in [-0.4, -0.2) is 21.0 Å². The zero-order chi connectivity index (χ0) is 15.6. The highest BCUT2D eigenvalue weighted by atomic mass is 35.5. The first-order valence-corrected chi connectivity index (χ1v) is 7.74. The number of carbonyl (C=O) groups excluding carboxylic acids is 1.